The van der Waals surface area contributed by atoms with Crippen LogP contribution in [0.15, 0.2) is 54.6 Å². The number of anilines is 1. The Morgan fingerprint density at radius 3 is 2.64 bits per heavy atom. The molecule has 0 radical (unpaired) electrons. The maximum Gasteiger partial charge on any atom is 0.251 e. The zero-order chi connectivity index (χ0) is 23.2. The lowest BCUT2D eigenvalue weighted by molar-refractivity contribution is -0.119. The van der Waals surface area contributed by atoms with E-state index in [1.54, 1.807) is 17.0 Å². The van der Waals surface area contributed by atoms with Crippen LogP contribution in [0.1, 0.15) is 35.7 Å². The normalized spacial score (nSPS) is 13.2. The number of nitrogens with one attached hydrogen (secondary N) is 1. The zero-order valence-electron chi connectivity index (χ0n) is 18.6. The lowest BCUT2D eigenvalue weighted by Crippen LogP contribution is -2.36. The third-order valence-corrected chi connectivity index (χ3v) is 5.78. The minimum absolute atomic E-state index is 0.0566. The van der Waals surface area contributed by atoms with Gasteiger partial charge in [-0.15, -0.1) is 0 Å². The van der Waals surface area contributed by atoms with Crippen LogP contribution in [0.25, 0.3) is 11.3 Å². The molecule has 0 saturated heterocycles. The van der Waals surface area contributed by atoms with Crippen molar-refractivity contribution in [3.05, 3.63) is 70.7 Å². The molecule has 8 heteroatoms. The summed E-state index contributed by atoms with van der Waals surface area (Å²) in [5, 5.41) is 8.25. The molecule has 2 amide bonds. The molecule has 0 aliphatic carbocycles. The van der Waals surface area contributed by atoms with Crippen molar-refractivity contribution >= 4 is 29.2 Å². The molecular weight excluding hydrogens is 440 g/mol. The van der Waals surface area contributed by atoms with Gasteiger partial charge in [0.15, 0.2) is 0 Å². The maximum atomic E-state index is 12.7. The number of aryl methyl sites for hydroxylation is 1. The van der Waals surface area contributed by atoms with Crippen LogP contribution >= 0.6 is 11.6 Å². The second-order valence-corrected chi connectivity index (χ2v) is 8.29. The number of aromatic nitrogens is 2. The van der Waals surface area contributed by atoms with Crippen LogP contribution in [0.3, 0.4) is 0 Å². The smallest absolute Gasteiger partial charge is 0.251 e. The monoisotopic (exact) mass is 466 g/mol. The molecule has 1 N–H and O–H groups in total. The summed E-state index contributed by atoms with van der Waals surface area (Å²) < 4.78 is 7.15. The number of ether oxygens (including phenoxy) is 1. The second kappa shape index (κ2) is 10.6. The molecule has 2 aromatic carbocycles. The van der Waals surface area contributed by atoms with E-state index in [1.807, 2.05) is 54.1 Å². The summed E-state index contributed by atoms with van der Waals surface area (Å²) >= 11 is 6.00. The number of fused-ring (bicyclic) bond motifs is 1. The third kappa shape index (κ3) is 5.61. The van der Waals surface area contributed by atoms with Gasteiger partial charge in [-0.05, 0) is 43.2 Å². The molecule has 172 valence electrons. The third-order valence-electron chi connectivity index (χ3n) is 5.53. The standard InChI is InChI=1S/C25H27ClN4O3/c1-2-33-15-3-13-27-25(32)20-6-4-18(5-7-20)17-29-23-16-22(19-8-10-21(26)11-9-19)28-30(23)14-12-24(29)31/h4-11,16H,2-3,12-15,17H2,1H3,(H,27,32). The van der Waals surface area contributed by atoms with Crippen molar-refractivity contribution in [3.8, 4) is 11.3 Å². The van der Waals surface area contributed by atoms with Gasteiger partial charge < -0.3 is 10.1 Å². The SMILES string of the molecule is CCOCCCNC(=O)c1ccc(CN2C(=O)CCn3nc(-c4ccc(Cl)cc4)cc32)cc1. The first kappa shape index (κ1) is 23.0. The molecule has 3 aromatic rings. The van der Waals surface area contributed by atoms with Gasteiger partial charge in [0.05, 0.1) is 18.8 Å². The van der Waals surface area contributed by atoms with Crippen molar-refractivity contribution in [2.24, 2.45) is 0 Å². The molecule has 33 heavy (non-hydrogen) atoms. The van der Waals surface area contributed by atoms with Crippen LogP contribution in [0.5, 0.6) is 0 Å². The van der Waals surface area contributed by atoms with Crippen molar-refractivity contribution in [2.45, 2.75) is 32.9 Å². The molecule has 0 spiro atoms. The topological polar surface area (TPSA) is 76.5 Å². The Kier molecular flexibility index (Phi) is 7.42. The van der Waals surface area contributed by atoms with Crippen LogP contribution in [0.4, 0.5) is 5.82 Å². The molecule has 4 rings (SSSR count). The zero-order valence-corrected chi connectivity index (χ0v) is 19.3. The van der Waals surface area contributed by atoms with Gasteiger partial charge in [-0.25, -0.2) is 4.68 Å². The number of halogens is 1. The summed E-state index contributed by atoms with van der Waals surface area (Å²) in [6, 6.07) is 16.8. The first-order valence-electron chi connectivity index (χ1n) is 11.1. The van der Waals surface area contributed by atoms with E-state index < -0.39 is 0 Å². The predicted molar refractivity (Wildman–Crippen MR) is 128 cm³/mol. The van der Waals surface area contributed by atoms with E-state index in [-0.39, 0.29) is 11.8 Å². The van der Waals surface area contributed by atoms with E-state index in [9.17, 15) is 9.59 Å². The van der Waals surface area contributed by atoms with Gasteiger partial charge in [0, 0.05) is 48.4 Å². The predicted octanol–water partition coefficient (Wildman–Crippen LogP) is 4.30. The molecule has 0 bridgehead atoms. The molecule has 1 aliphatic rings. The number of hydrogen-bond acceptors (Lipinski definition) is 4. The molecule has 1 aromatic heterocycles. The number of carbonyl (C=O) groups excluding carboxylic acids is 2. The molecule has 0 saturated carbocycles. The fourth-order valence-corrected chi connectivity index (χ4v) is 3.88. The summed E-state index contributed by atoms with van der Waals surface area (Å²) in [7, 11) is 0. The first-order chi connectivity index (χ1) is 16.0. The van der Waals surface area contributed by atoms with Gasteiger partial charge in [-0.3, -0.25) is 14.5 Å². The first-order valence-corrected chi connectivity index (χ1v) is 11.5. The summed E-state index contributed by atoms with van der Waals surface area (Å²) in [6.07, 6.45) is 1.18. The minimum atomic E-state index is -0.113. The highest BCUT2D eigenvalue weighted by atomic mass is 35.5. The second-order valence-electron chi connectivity index (χ2n) is 7.85. The Morgan fingerprint density at radius 2 is 1.91 bits per heavy atom. The van der Waals surface area contributed by atoms with Gasteiger partial charge in [0.2, 0.25) is 5.91 Å². The number of rotatable bonds is 9. The Balaban J connectivity index is 1.43. The van der Waals surface area contributed by atoms with Crippen molar-refractivity contribution in [2.75, 3.05) is 24.7 Å². The van der Waals surface area contributed by atoms with E-state index in [4.69, 9.17) is 16.3 Å². The summed E-state index contributed by atoms with van der Waals surface area (Å²) in [6.45, 7) is 4.81. The fourth-order valence-electron chi connectivity index (χ4n) is 3.75. The summed E-state index contributed by atoms with van der Waals surface area (Å²) in [5.74, 6) is 0.714. The number of benzene rings is 2. The van der Waals surface area contributed by atoms with Gasteiger partial charge in [-0.2, -0.15) is 5.10 Å². The van der Waals surface area contributed by atoms with Gasteiger partial charge in [-0.1, -0.05) is 35.9 Å². The van der Waals surface area contributed by atoms with Crippen molar-refractivity contribution in [1.82, 2.24) is 15.1 Å². The van der Waals surface area contributed by atoms with Crippen molar-refractivity contribution < 1.29 is 14.3 Å². The van der Waals surface area contributed by atoms with Crippen LogP contribution in [0.2, 0.25) is 5.02 Å². The summed E-state index contributed by atoms with van der Waals surface area (Å²) in [5.41, 5.74) is 3.29. The van der Waals surface area contributed by atoms with Gasteiger partial charge in [0.1, 0.15) is 5.82 Å². The molecule has 1 aliphatic heterocycles. The Hall–Kier alpha value is -3.16. The Bertz CT molecular complexity index is 1110. The molecular formula is C25H27ClN4O3. The Morgan fingerprint density at radius 1 is 1.15 bits per heavy atom. The fraction of sp³-hybridized carbons (Fsp3) is 0.320. The lowest BCUT2D eigenvalue weighted by atomic mass is 10.1. The average Bonchev–Trinajstić information content (AvgIpc) is 3.26. The van der Waals surface area contributed by atoms with E-state index in [1.165, 1.54) is 0 Å². The van der Waals surface area contributed by atoms with Crippen LogP contribution in [-0.2, 0) is 22.6 Å². The number of amides is 2. The van der Waals surface area contributed by atoms with Crippen molar-refractivity contribution in [3.63, 3.8) is 0 Å². The molecule has 7 nitrogen and oxygen atoms in total. The highest BCUT2D eigenvalue weighted by Gasteiger charge is 2.26. The number of hydrogen-bond donors (Lipinski definition) is 1. The van der Waals surface area contributed by atoms with Crippen LogP contribution in [-0.4, -0.2) is 41.4 Å². The molecule has 0 unspecified atom stereocenters. The average molecular weight is 467 g/mol. The minimum Gasteiger partial charge on any atom is -0.382 e. The van der Waals surface area contributed by atoms with Gasteiger partial charge >= 0.3 is 0 Å². The highest BCUT2D eigenvalue weighted by molar-refractivity contribution is 6.30. The number of nitrogens with zero attached hydrogens (tertiary/aromatic N) is 3. The molecule has 0 fully saturated rings. The van der Waals surface area contributed by atoms with Gasteiger partial charge in [0.25, 0.3) is 5.91 Å². The van der Waals surface area contributed by atoms with E-state index in [0.717, 1.165) is 29.1 Å². The van der Waals surface area contributed by atoms with E-state index >= 15 is 0 Å². The van der Waals surface area contributed by atoms with E-state index in [0.29, 0.717) is 49.9 Å². The number of carbonyl (C=O) groups is 2. The quantitative estimate of drug-likeness (QED) is 0.477. The lowest BCUT2D eigenvalue weighted by Gasteiger charge is -2.27. The Labute approximate surface area is 198 Å². The van der Waals surface area contributed by atoms with Crippen LogP contribution < -0.4 is 10.2 Å². The van der Waals surface area contributed by atoms with Crippen molar-refractivity contribution in [1.29, 1.82) is 0 Å². The molecule has 2 heterocycles. The highest BCUT2D eigenvalue weighted by Crippen LogP contribution is 2.29. The molecule has 0 atom stereocenters. The maximum absolute atomic E-state index is 12.7. The summed E-state index contributed by atoms with van der Waals surface area (Å²) in [4.78, 5) is 26.8. The van der Waals surface area contributed by atoms with E-state index in [2.05, 4.69) is 10.4 Å². The largest absolute Gasteiger partial charge is 0.382 e. The van der Waals surface area contributed by atoms with Crippen LogP contribution in [0, 0.1) is 0 Å².